The maximum Gasteiger partial charge on any atom is 0.338 e. The number of ether oxygens (including phenoxy) is 1. The largest absolute Gasteiger partial charge is 0.449 e. The van der Waals surface area contributed by atoms with Gasteiger partial charge in [-0.15, -0.1) is 11.3 Å². The molecule has 27 heavy (non-hydrogen) atoms. The highest BCUT2D eigenvalue weighted by Crippen LogP contribution is 2.54. The van der Waals surface area contributed by atoms with E-state index < -0.39 is 11.7 Å². The van der Waals surface area contributed by atoms with Gasteiger partial charge in [0.05, 0.1) is 21.8 Å². The number of aliphatic hydroxyl groups excluding tert-OH is 1. The van der Waals surface area contributed by atoms with Crippen molar-refractivity contribution < 1.29 is 14.6 Å². The Morgan fingerprint density at radius 2 is 2.22 bits per heavy atom. The summed E-state index contributed by atoms with van der Waals surface area (Å²) in [5.74, 6) is -0.380. The topological polar surface area (TPSA) is 62.7 Å². The van der Waals surface area contributed by atoms with Gasteiger partial charge in [-0.1, -0.05) is 30.7 Å². The predicted molar refractivity (Wildman–Crippen MR) is 102 cm³/mol. The van der Waals surface area contributed by atoms with Crippen LogP contribution in [0, 0.1) is 0 Å². The van der Waals surface area contributed by atoms with Crippen molar-refractivity contribution in [2.75, 3.05) is 6.54 Å². The molecule has 2 saturated heterocycles. The molecular formula is C21H20N2O3S. The summed E-state index contributed by atoms with van der Waals surface area (Å²) in [7, 11) is 0. The van der Waals surface area contributed by atoms with Crippen molar-refractivity contribution in [2.45, 2.75) is 49.5 Å². The molecule has 1 unspecified atom stereocenters. The number of hydrogen-bond acceptors (Lipinski definition) is 6. The number of piperidine rings is 1. The number of carbonyl (C=O) groups excluding carboxylic acids is 1. The molecule has 138 valence electrons. The summed E-state index contributed by atoms with van der Waals surface area (Å²) in [6, 6.07) is 8.36. The molecule has 6 heteroatoms. The van der Waals surface area contributed by atoms with E-state index in [4.69, 9.17) is 4.74 Å². The van der Waals surface area contributed by atoms with E-state index in [9.17, 15) is 9.90 Å². The molecule has 0 amide bonds. The zero-order valence-corrected chi connectivity index (χ0v) is 15.6. The molecule has 4 heterocycles. The van der Waals surface area contributed by atoms with Crippen LogP contribution >= 0.6 is 11.3 Å². The van der Waals surface area contributed by atoms with Crippen LogP contribution in [0.2, 0.25) is 0 Å². The van der Waals surface area contributed by atoms with Gasteiger partial charge in [-0.25, -0.2) is 9.78 Å². The van der Waals surface area contributed by atoms with Crippen LogP contribution in [0.1, 0.15) is 36.8 Å². The smallest absolute Gasteiger partial charge is 0.338 e. The SMILES string of the molecule is O=C1O[C@@]23C[C@@H](C=CC2=C1C(O)c1nc2ccccc2s1)N1CCCC[C@H]13. The zero-order chi connectivity index (χ0) is 18.2. The number of fused-ring (bicyclic) bond motifs is 4. The van der Waals surface area contributed by atoms with Crippen molar-refractivity contribution in [1.82, 2.24) is 9.88 Å². The molecule has 6 rings (SSSR count). The normalized spacial score (nSPS) is 33.3. The quantitative estimate of drug-likeness (QED) is 0.811. The third-order valence-corrected chi connectivity index (χ3v) is 7.65. The molecule has 0 saturated carbocycles. The van der Waals surface area contributed by atoms with Gasteiger partial charge in [-0.05, 0) is 31.5 Å². The monoisotopic (exact) mass is 380 g/mol. The number of thiazole rings is 1. The Hall–Kier alpha value is -2.02. The van der Waals surface area contributed by atoms with Gasteiger partial charge >= 0.3 is 5.97 Å². The molecule has 1 aromatic carbocycles. The molecule has 0 radical (unpaired) electrons. The summed E-state index contributed by atoms with van der Waals surface area (Å²) < 4.78 is 7.06. The zero-order valence-electron chi connectivity index (χ0n) is 14.8. The van der Waals surface area contributed by atoms with Crippen LogP contribution in [0.4, 0.5) is 0 Å². The van der Waals surface area contributed by atoms with E-state index in [1.807, 2.05) is 30.3 Å². The van der Waals surface area contributed by atoms with E-state index in [1.165, 1.54) is 17.8 Å². The van der Waals surface area contributed by atoms with Gasteiger partial charge in [-0.3, -0.25) is 4.90 Å². The Morgan fingerprint density at radius 3 is 3.11 bits per heavy atom. The van der Waals surface area contributed by atoms with E-state index >= 15 is 0 Å². The summed E-state index contributed by atoms with van der Waals surface area (Å²) in [6.45, 7) is 1.06. The summed E-state index contributed by atoms with van der Waals surface area (Å²) in [5, 5.41) is 11.6. The van der Waals surface area contributed by atoms with E-state index in [2.05, 4.69) is 16.0 Å². The van der Waals surface area contributed by atoms with Crippen LogP contribution in [-0.2, 0) is 9.53 Å². The molecule has 1 aromatic heterocycles. The molecular weight excluding hydrogens is 360 g/mol. The first kappa shape index (κ1) is 16.0. The first-order valence-electron chi connectivity index (χ1n) is 9.63. The van der Waals surface area contributed by atoms with Crippen LogP contribution in [-0.4, -0.2) is 45.2 Å². The fraction of sp³-hybridized carbons (Fsp3) is 0.429. The van der Waals surface area contributed by atoms with Gasteiger partial charge in [0.1, 0.15) is 11.1 Å². The van der Waals surface area contributed by atoms with Gasteiger partial charge < -0.3 is 9.84 Å². The Balaban J connectivity index is 1.47. The van der Waals surface area contributed by atoms with E-state index in [-0.39, 0.29) is 12.0 Å². The van der Waals surface area contributed by atoms with Crippen molar-refractivity contribution >= 4 is 27.5 Å². The maximum absolute atomic E-state index is 12.9. The lowest BCUT2D eigenvalue weighted by Crippen LogP contribution is -2.48. The predicted octanol–water partition coefficient (Wildman–Crippen LogP) is 3.12. The second-order valence-corrected chi connectivity index (χ2v) is 8.97. The molecule has 5 nitrogen and oxygen atoms in total. The Labute approximate surface area is 161 Å². The average Bonchev–Trinajstić information content (AvgIpc) is 3.32. The number of esters is 1. The highest BCUT2D eigenvalue weighted by atomic mass is 32.1. The van der Waals surface area contributed by atoms with E-state index in [0.717, 1.165) is 41.6 Å². The molecule has 4 atom stereocenters. The lowest BCUT2D eigenvalue weighted by Gasteiger charge is -2.37. The number of benzene rings is 1. The van der Waals surface area contributed by atoms with Gasteiger partial charge in [0.25, 0.3) is 0 Å². The van der Waals surface area contributed by atoms with Crippen molar-refractivity contribution in [3.05, 3.63) is 52.6 Å². The number of nitrogens with zero attached hydrogens (tertiary/aromatic N) is 2. The summed E-state index contributed by atoms with van der Waals surface area (Å²) in [4.78, 5) is 20.0. The summed E-state index contributed by atoms with van der Waals surface area (Å²) in [5.41, 5.74) is 1.53. The summed E-state index contributed by atoms with van der Waals surface area (Å²) >= 11 is 1.44. The van der Waals surface area contributed by atoms with Crippen molar-refractivity contribution in [3.63, 3.8) is 0 Å². The van der Waals surface area contributed by atoms with Gasteiger partial charge in [0, 0.05) is 18.0 Å². The van der Waals surface area contributed by atoms with Crippen molar-refractivity contribution in [2.24, 2.45) is 0 Å². The first-order valence-corrected chi connectivity index (χ1v) is 10.4. The minimum absolute atomic E-state index is 0.227. The standard InChI is InChI=1S/C21H20N2O3S/c24-18(19-22-14-5-1-2-6-15(14)27-19)17-13-9-8-12-11-21(13,26-20(17)25)16-7-3-4-10-23(12)16/h1-2,5-6,8-9,12,16,18,24H,3-4,7,10-11H2/t12-,16+,18?,21+/m1/s1. The highest BCUT2D eigenvalue weighted by Gasteiger charge is 2.62. The van der Waals surface area contributed by atoms with Gasteiger partial charge in [0.2, 0.25) is 0 Å². The molecule has 2 aromatic rings. The van der Waals surface area contributed by atoms with Crippen molar-refractivity contribution in [3.8, 4) is 0 Å². The minimum atomic E-state index is -1.04. The second-order valence-electron chi connectivity index (χ2n) is 7.91. The molecule has 4 aliphatic rings. The number of carbonyl (C=O) groups is 1. The van der Waals surface area contributed by atoms with Gasteiger partial charge in [0.15, 0.2) is 5.60 Å². The van der Waals surface area contributed by atoms with E-state index in [1.54, 1.807) is 0 Å². The van der Waals surface area contributed by atoms with Crippen LogP contribution in [0.15, 0.2) is 47.6 Å². The molecule has 1 N–H and O–H groups in total. The lowest BCUT2D eigenvalue weighted by molar-refractivity contribution is -0.150. The molecule has 1 aliphatic carbocycles. The number of hydrogen-bond donors (Lipinski definition) is 1. The average molecular weight is 380 g/mol. The van der Waals surface area contributed by atoms with Crippen molar-refractivity contribution in [1.29, 1.82) is 0 Å². The number of para-hydroxylation sites is 1. The lowest BCUT2D eigenvalue weighted by atomic mass is 9.78. The molecule has 2 fully saturated rings. The third kappa shape index (κ3) is 2.06. The first-order chi connectivity index (χ1) is 13.2. The van der Waals surface area contributed by atoms with Crippen LogP contribution in [0.25, 0.3) is 10.2 Å². The fourth-order valence-corrected chi connectivity index (χ4v) is 6.40. The molecule has 2 bridgehead atoms. The number of aromatic nitrogens is 1. The Kier molecular flexibility index (Phi) is 3.26. The van der Waals surface area contributed by atoms with Crippen LogP contribution in [0.5, 0.6) is 0 Å². The number of rotatable bonds is 2. The maximum atomic E-state index is 12.9. The van der Waals surface area contributed by atoms with Crippen LogP contribution < -0.4 is 0 Å². The van der Waals surface area contributed by atoms with Crippen LogP contribution in [0.3, 0.4) is 0 Å². The van der Waals surface area contributed by atoms with Gasteiger partial charge in [-0.2, -0.15) is 0 Å². The second kappa shape index (κ2) is 5.50. The third-order valence-electron chi connectivity index (χ3n) is 6.56. The fourth-order valence-electron chi connectivity index (χ4n) is 5.43. The minimum Gasteiger partial charge on any atom is -0.449 e. The summed E-state index contributed by atoms with van der Waals surface area (Å²) in [6.07, 6.45) is 7.39. The molecule has 3 aliphatic heterocycles. The van der Waals surface area contributed by atoms with E-state index in [0.29, 0.717) is 16.6 Å². The number of aliphatic hydroxyl groups is 1. The Morgan fingerprint density at radius 1 is 1.33 bits per heavy atom. The highest BCUT2D eigenvalue weighted by molar-refractivity contribution is 7.18. The molecule has 1 spiro atoms. The Bertz CT molecular complexity index is 992.